The van der Waals surface area contributed by atoms with E-state index in [-0.39, 0.29) is 23.4 Å². The van der Waals surface area contributed by atoms with Crippen molar-refractivity contribution >= 4 is 72.3 Å². The monoisotopic (exact) mass is 930 g/mol. The maximum atomic E-state index is 12.9. The highest BCUT2D eigenvalue weighted by molar-refractivity contribution is 9.10. The standard InChI is InChI=1S/C23H26BrN3O2.C16H11BrFNO2.C7H16N2/c24-19-9-10-20(22-18(19)8-11-21(22)28)26-23(29)16-4-6-17(7-5-16)25-12-3-15-27-13-1-2-14-27;17-12-6-7-13(15-11(12)5-8-14(15)20)19-16(21)9-1-3-10(18)4-2-9;8-4-3-7-9-5-1-2-6-9/h4-7,9-10,25H,1-3,8,11-15H2,(H,26,29);1-4,6-7H,5,8H2,(H,19,21);1-8H2. The van der Waals surface area contributed by atoms with Gasteiger partial charge in [-0.2, -0.15) is 0 Å². The van der Waals surface area contributed by atoms with E-state index in [1.54, 1.807) is 12.1 Å². The van der Waals surface area contributed by atoms with Gasteiger partial charge in [0, 0.05) is 56.3 Å². The number of amides is 2. The summed E-state index contributed by atoms with van der Waals surface area (Å²) in [5.41, 5.74) is 11.5. The number of ketones is 2. The van der Waals surface area contributed by atoms with Gasteiger partial charge in [0.2, 0.25) is 0 Å². The zero-order chi connectivity index (χ0) is 41.7. The largest absolute Gasteiger partial charge is 0.385 e. The molecule has 2 saturated heterocycles. The Kier molecular flexibility index (Phi) is 16.4. The van der Waals surface area contributed by atoms with E-state index in [0.29, 0.717) is 52.9 Å². The topological polar surface area (TPSA) is 137 Å². The van der Waals surface area contributed by atoms with Gasteiger partial charge in [-0.05, 0) is 181 Å². The van der Waals surface area contributed by atoms with E-state index in [1.807, 2.05) is 36.4 Å². The van der Waals surface area contributed by atoms with Gasteiger partial charge in [-0.1, -0.05) is 31.9 Å². The zero-order valence-electron chi connectivity index (χ0n) is 33.4. The number of carbonyl (C=O) groups excluding carboxylic acids is 4. The molecule has 2 fully saturated rings. The molecule has 4 aromatic rings. The van der Waals surface area contributed by atoms with Crippen LogP contribution in [0.15, 0.2) is 81.7 Å². The van der Waals surface area contributed by atoms with E-state index in [4.69, 9.17) is 5.73 Å². The van der Waals surface area contributed by atoms with Gasteiger partial charge in [-0.15, -0.1) is 0 Å². The number of nitrogens with one attached hydrogen (secondary N) is 3. The Labute approximate surface area is 363 Å². The highest BCUT2D eigenvalue weighted by atomic mass is 79.9. The average Bonchev–Trinajstić information content (AvgIpc) is 4.09. The lowest BCUT2D eigenvalue weighted by atomic mass is 10.1. The molecule has 2 heterocycles. The molecular formula is C46H53Br2FN6O4. The normalized spacial score (nSPS) is 15.8. The highest BCUT2D eigenvalue weighted by Gasteiger charge is 2.27. The maximum Gasteiger partial charge on any atom is 0.255 e. The minimum Gasteiger partial charge on any atom is -0.385 e. The molecule has 10 nitrogen and oxygen atoms in total. The molecule has 312 valence electrons. The fraction of sp³-hybridized carbons (Fsp3) is 0.391. The van der Waals surface area contributed by atoms with Crippen molar-refractivity contribution in [3.63, 3.8) is 0 Å². The van der Waals surface area contributed by atoms with Gasteiger partial charge >= 0.3 is 0 Å². The lowest BCUT2D eigenvalue weighted by Gasteiger charge is -2.15. The number of nitrogens with two attached hydrogens (primary N) is 1. The predicted octanol–water partition coefficient (Wildman–Crippen LogP) is 9.13. The van der Waals surface area contributed by atoms with Gasteiger partial charge in [-0.25, -0.2) is 4.39 Å². The minimum absolute atomic E-state index is 0.0284. The van der Waals surface area contributed by atoms with Crippen molar-refractivity contribution in [2.24, 2.45) is 5.73 Å². The van der Waals surface area contributed by atoms with Gasteiger partial charge in [-0.3, -0.25) is 19.2 Å². The van der Waals surface area contributed by atoms with Crippen LogP contribution in [0, 0.1) is 5.82 Å². The van der Waals surface area contributed by atoms with E-state index in [1.165, 1.54) is 89.1 Å². The molecule has 4 aromatic carbocycles. The van der Waals surface area contributed by atoms with Crippen molar-refractivity contribution in [3.05, 3.63) is 121 Å². The number of Topliss-reactive ketones (excluding diaryl/α,β-unsaturated/α-hetero) is 2. The lowest BCUT2D eigenvalue weighted by molar-refractivity contribution is 0.0985. The number of hydrogen-bond donors (Lipinski definition) is 4. The van der Waals surface area contributed by atoms with Gasteiger partial charge in [0.15, 0.2) is 11.6 Å². The summed E-state index contributed by atoms with van der Waals surface area (Å²) in [6, 6.07) is 20.0. The zero-order valence-corrected chi connectivity index (χ0v) is 36.6. The third-order valence-electron chi connectivity index (χ3n) is 11.1. The van der Waals surface area contributed by atoms with Crippen LogP contribution in [0.4, 0.5) is 21.5 Å². The summed E-state index contributed by atoms with van der Waals surface area (Å²) in [4.78, 5) is 54.0. The summed E-state index contributed by atoms with van der Waals surface area (Å²) in [7, 11) is 0. The van der Waals surface area contributed by atoms with Crippen LogP contribution in [0.25, 0.3) is 0 Å². The molecule has 2 amide bonds. The number of nitrogens with zero attached hydrogens (tertiary/aromatic N) is 2. The second-order valence-corrected chi connectivity index (χ2v) is 17.0. The predicted molar refractivity (Wildman–Crippen MR) is 240 cm³/mol. The molecule has 13 heteroatoms. The second kappa shape index (κ2) is 21.8. The van der Waals surface area contributed by atoms with Gasteiger partial charge in [0.05, 0.1) is 11.4 Å². The first kappa shape index (κ1) is 44.3. The summed E-state index contributed by atoms with van der Waals surface area (Å²) in [6.45, 7) is 9.21. The Morgan fingerprint density at radius 2 is 1.05 bits per heavy atom. The second-order valence-electron chi connectivity index (χ2n) is 15.3. The summed E-state index contributed by atoms with van der Waals surface area (Å²) in [6.07, 6.45) is 10.1. The van der Waals surface area contributed by atoms with Gasteiger partial charge in [0.25, 0.3) is 11.8 Å². The van der Waals surface area contributed by atoms with Crippen molar-refractivity contribution in [1.29, 1.82) is 0 Å². The fourth-order valence-corrected chi connectivity index (χ4v) is 8.96. The number of hydrogen-bond acceptors (Lipinski definition) is 8. The van der Waals surface area contributed by atoms with Gasteiger partial charge in [0.1, 0.15) is 5.82 Å². The number of fused-ring (bicyclic) bond motifs is 2. The molecule has 0 atom stereocenters. The molecule has 2 aliphatic carbocycles. The summed E-state index contributed by atoms with van der Waals surface area (Å²) in [5.74, 6) is -0.842. The molecule has 2 aliphatic heterocycles. The van der Waals surface area contributed by atoms with Crippen LogP contribution in [-0.2, 0) is 12.8 Å². The van der Waals surface area contributed by atoms with Crippen LogP contribution >= 0.6 is 31.9 Å². The van der Waals surface area contributed by atoms with Crippen molar-refractivity contribution in [1.82, 2.24) is 9.80 Å². The number of likely N-dealkylation sites (tertiary alicyclic amines) is 2. The fourth-order valence-electron chi connectivity index (χ4n) is 7.90. The SMILES string of the molecule is NCCCN1CCCC1.O=C(Nc1ccc(Br)c2c1C(=O)CC2)c1ccc(F)cc1.O=C(Nc1ccc(Br)c2c1C(=O)CC2)c1ccc(NCCCN2CCCC2)cc1. The summed E-state index contributed by atoms with van der Waals surface area (Å²) >= 11 is 6.92. The van der Waals surface area contributed by atoms with E-state index in [9.17, 15) is 23.6 Å². The highest BCUT2D eigenvalue weighted by Crippen LogP contribution is 2.36. The molecule has 0 spiro atoms. The Morgan fingerprint density at radius 3 is 1.51 bits per heavy atom. The van der Waals surface area contributed by atoms with E-state index in [2.05, 4.69) is 57.6 Å². The first-order chi connectivity index (χ1) is 28.6. The van der Waals surface area contributed by atoms with Crippen LogP contribution in [0.3, 0.4) is 0 Å². The van der Waals surface area contributed by atoms with Crippen LogP contribution in [0.1, 0.15) is 104 Å². The van der Waals surface area contributed by atoms with Gasteiger partial charge < -0.3 is 31.5 Å². The summed E-state index contributed by atoms with van der Waals surface area (Å²) in [5, 5.41) is 9.07. The molecule has 0 radical (unpaired) electrons. The Bertz CT molecular complexity index is 2100. The Balaban J connectivity index is 0.000000169. The van der Waals surface area contributed by atoms with Crippen molar-refractivity contribution in [3.8, 4) is 0 Å². The van der Waals surface area contributed by atoms with Crippen LogP contribution in [-0.4, -0.2) is 85.5 Å². The number of anilines is 3. The number of carbonyl (C=O) groups is 4. The Hall–Kier alpha value is -4.27. The van der Waals surface area contributed by atoms with E-state index in [0.717, 1.165) is 58.2 Å². The van der Waals surface area contributed by atoms with Crippen LogP contribution in [0.5, 0.6) is 0 Å². The van der Waals surface area contributed by atoms with E-state index >= 15 is 0 Å². The molecule has 0 aromatic heterocycles. The molecule has 8 rings (SSSR count). The molecule has 0 bridgehead atoms. The van der Waals surface area contributed by atoms with Crippen molar-refractivity contribution in [2.45, 2.75) is 64.2 Å². The first-order valence-corrected chi connectivity index (χ1v) is 22.3. The number of rotatable bonds is 12. The van der Waals surface area contributed by atoms with E-state index < -0.39 is 5.82 Å². The van der Waals surface area contributed by atoms with Crippen molar-refractivity contribution < 1.29 is 23.6 Å². The smallest absolute Gasteiger partial charge is 0.255 e. The number of halogens is 3. The average molecular weight is 933 g/mol. The van der Waals surface area contributed by atoms with Crippen molar-refractivity contribution in [2.75, 3.05) is 68.3 Å². The number of benzene rings is 4. The maximum absolute atomic E-state index is 12.9. The third kappa shape index (κ3) is 12.2. The molecule has 0 unspecified atom stereocenters. The van der Waals surface area contributed by atoms with Crippen LogP contribution < -0.4 is 21.7 Å². The molecule has 5 N–H and O–H groups in total. The Morgan fingerprint density at radius 1 is 0.610 bits per heavy atom. The molecular weight excluding hydrogens is 879 g/mol. The lowest BCUT2D eigenvalue weighted by Crippen LogP contribution is -2.22. The quantitative estimate of drug-likeness (QED) is 0.103. The first-order valence-electron chi connectivity index (χ1n) is 20.7. The minimum atomic E-state index is -0.397. The summed E-state index contributed by atoms with van der Waals surface area (Å²) < 4.78 is 14.7. The van der Waals surface area contributed by atoms with Crippen LogP contribution in [0.2, 0.25) is 0 Å². The molecule has 4 aliphatic rings. The molecule has 59 heavy (non-hydrogen) atoms. The third-order valence-corrected chi connectivity index (χ3v) is 12.6. The molecule has 0 saturated carbocycles.